The zero-order valence-electron chi connectivity index (χ0n) is 16.0. The quantitative estimate of drug-likeness (QED) is 0.648. The number of nitrogens with zero attached hydrogens (tertiary/aromatic N) is 2. The van der Waals surface area contributed by atoms with Crippen molar-refractivity contribution in [2.24, 2.45) is 5.14 Å². The third kappa shape index (κ3) is 4.44. The molecule has 2 aromatic carbocycles. The van der Waals surface area contributed by atoms with E-state index in [2.05, 4.69) is 0 Å². The van der Waals surface area contributed by atoms with E-state index < -0.39 is 26.0 Å². The number of primary sulfonamides is 1. The first-order valence-electron chi connectivity index (χ1n) is 8.80. The molecule has 9 nitrogen and oxygen atoms in total. The summed E-state index contributed by atoms with van der Waals surface area (Å²) in [5, 5.41) is 5.30. The van der Waals surface area contributed by atoms with Crippen LogP contribution < -0.4 is 10.0 Å². The van der Waals surface area contributed by atoms with Crippen LogP contribution in [0, 0.1) is 0 Å². The highest BCUT2D eigenvalue weighted by Gasteiger charge is 2.31. The molecule has 0 bridgehead atoms. The predicted molar refractivity (Wildman–Crippen MR) is 112 cm³/mol. The molecule has 2 N–H and O–H groups in total. The number of hydrogen-bond acceptors (Lipinski definition) is 7. The monoisotopic (exact) mass is 473 g/mol. The van der Waals surface area contributed by atoms with Crippen LogP contribution in [0.15, 0.2) is 52.3 Å². The van der Waals surface area contributed by atoms with Gasteiger partial charge in [-0.15, -0.1) is 0 Å². The smallest absolute Gasteiger partial charge is 0.340 e. The second kappa shape index (κ2) is 8.52. The highest BCUT2D eigenvalue weighted by molar-refractivity contribution is 7.89. The number of hydrogen-bond donors (Lipinski definition) is 1. The van der Waals surface area contributed by atoms with Gasteiger partial charge in [-0.2, -0.15) is 4.31 Å². The number of carbonyl (C=O) groups excluding carboxylic acids is 1. The lowest BCUT2D eigenvalue weighted by Crippen LogP contribution is -2.49. The molecule has 30 heavy (non-hydrogen) atoms. The third-order valence-corrected chi connectivity index (χ3v) is 8.05. The number of methoxy groups -OCH3 is 1. The Morgan fingerprint density at radius 2 is 1.67 bits per heavy atom. The summed E-state index contributed by atoms with van der Waals surface area (Å²) in [5.41, 5.74) is 0.468. The topological polar surface area (TPSA) is 127 Å². The Bertz CT molecular complexity index is 1180. The minimum absolute atomic E-state index is 0.0337. The number of benzene rings is 2. The van der Waals surface area contributed by atoms with E-state index in [1.807, 2.05) is 0 Å². The van der Waals surface area contributed by atoms with E-state index in [4.69, 9.17) is 21.5 Å². The normalized spacial score (nSPS) is 15.8. The van der Waals surface area contributed by atoms with Crippen LogP contribution in [0.3, 0.4) is 0 Å². The van der Waals surface area contributed by atoms with Crippen LogP contribution >= 0.6 is 11.6 Å². The SMILES string of the molecule is COC(=O)c1cc(S(N)(=O)=O)ccc1N1CCN(S(=O)(=O)c2ccccc2Cl)CC1. The fraction of sp³-hybridized carbons (Fsp3) is 0.278. The molecule has 3 rings (SSSR count). The van der Waals surface area contributed by atoms with Crippen LogP contribution in [0.25, 0.3) is 0 Å². The highest BCUT2D eigenvalue weighted by Crippen LogP contribution is 2.29. The van der Waals surface area contributed by atoms with Crippen molar-refractivity contribution < 1.29 is 26.4 Å². The number of piperazine rings is 1. The summed E-state index contributed by atoms with van der Waals surface area (Å²) in [6, 6.07) is 10.1. The Morgan fingerprint density at radius 1 is 1.03 bits per heavy atom. The van der Waals surface area contributed by atoms with Gasteiger partial charge in [0.15, 0.2) is 0 Å². The largest absolute Gasteiger partial charge is 0.465 e. The number of rotatable bonds is 5. The second-order valence-electron chi connectivity index (χ2n) is 6.54. The fourth-order valence-electron chi connectivity index (χ4n) is 3.20. The maximum atomic E-state index is 12.9. The molecule has 162 valence electrons. The number of esters is 1. The average molecular weight is 474 g/mol. The van der Waals surface area contributed by atoms with E-state index in [9.17, 15) is 21.6 Å². The van der Waals surface area contributed by atoms with Gasteiger partial charge in [0.2, 0.25) is 20.0 Å². The van der Waals surface area contributed by atoms with Crippen molar-refractivity contribution in [1.82, 2.24) is 4.31 Å². The van der Waals surface area contributed by atoms with Gasteiger partial charge < -0.3 is 9.64 Å². The van der Waals surface area contributed by atoms with Gasteiger partial charge >= 0.3 is 5.97 Å². The lowest BCUT2D eigenvalue weighted by molar-refractivity contribution is 0.0601. The minimum atomic E-state index is -4.00. The van der Waals surface area contributed by atoms with Crippen molar-refractivity contribution in [1.29, 1.82) is 0 Å². The van der Waals surface area contributed by atoms with E-state index in [0.717, 1.165) is 6.07 Å². The summed E-state index contributed by atoms with van der Waals surface area (Å²) in [5.74, 6) is -0.721. The van der Waals surface area contributed by atoms with Crippen molar-refractivity contribution in [3.63, 3.8) is 0 Å². The maximum absolute atomic E-state index is 12.9. The molecule has 1 saturated heterocycles. The van der Waals surface area contributed by atoms with Crippen molar-refractivity contribution in [2.75, 3.05) is 38.2 Å². The number of carbonyl (C=O) groups is 1. The summed E-state index contributed by atoms with van der Waals surface area (Å²) < 4.78 is 55.1. The van der Waals surface area contributed by atoms with E-state index in [1.165, 1.54) is 35.7 Å². The minimum Gasteiger partial charge on any atom is -0.465 e. The Balaban J connectivity index is 1.86. The van der Waals surface area contributed by atoms with Crippen LogP contribution in [0.1, 0.15) is 10.4 Å². The molecule has 1 fully saturated rings. The number of nitrogens with two attached hydrogens (primary N) is 1. The first-order valence-corrected chi connectivity index (χ1v) is 12.2. The van der Waals surface area contributed by atoms with Crippen molar-refractivity contribution in [3.05, 3.63) is 53.1 Å². The van der Waals surface area contributed by atoms with Crippen LogP contribution in [0.2, 0.25) is 5.02 Å². The van der Waals surface area contributed by atoms with Crippen LogP contribution in [0.5, 0.6) is 0 Å². The number of ether oxygens (including phenoxy) is 1. The van der Waals surface area contributed by atoms with Gasteiger partial charge in [-0.05, 0) is 30.3 Å². The summed E-state index contributed by atoms with van der Waals surface area (Å²) in [7, 11) is -6.59. The average Bonchev–Trinajstić information content (AvgIpc) is 2.72. The Hall–Kier alpha value is -2.18. The van der Waals surface area contributed by atoms with Gasteiger partial charge in [0, 0.05) is 26.2 Å². The van der Waals surface area contributed by atoms with Crippen molar-refractivity contribution in [2.45, 2.75) is 9.79 Å². The van der Waals surface area contributed by atoms with E-state index in [-0.39, 0.29) is 46.6 Å². The molecule has 0 atom stereocenters. The maximum Gasteiger partial charge on any atom is 0.340 e. The Kier molecular flexibility index (Phi) is 6.39. The van der Waals surface area contributed by atoms with E-state index >= 15 is 0 Å². The van der Waals surface area contributed by atoms with Crippen molar-refractivity contribution >= 4 is 43.3 Å². The molecule has 1 aliphatic heterocycles. The molecule has 1 aliphatic rings. The molecule has 0 radical (unpaired) electrons. The molecule has 2 aromatic rings. The van der Waals surface area contributed by atoms with E-state index in [1.54, 1.807) is 17.0 Å². The van der Waals surface area contributed by atoms with Crippen LogP contribution in [-0.2, 0) is 24.8 Å². The second-order valence-corrected chi connectivity index (χ2v) is 10.4. The molecular weight excluding hydrogens is 454 g/mol. The first-order chi connectivity index (χ1) is 14.1. The summed E-state index contributed by atoms with van der Waals surface area (Å²) >= 11 is 6.05. The molecule has 0 unspecified atom stereocenters. The number of halogens is 1. The van der Waals surface area contributed by atoms with Gasteiger partial charge in [0.1, 0.15) is 4.90 Å². The van der Waals surface area contributed by atoms with Crippen LogP contribution in [-0.4, -0.2) is 60.4 Å². The summed E-state index contributed by atoms with van der Waals surface area (Å²) in [4.78, 5) is 13.8. The summed E-state index contributed by atoms with van der Waals surface area (Å²) in [6.07, 6.45) is 0. The lowest BCUT2D eigenvalue weighted by Gasteiger charge is -2.36. The van der Waals surface area contributed by atoms with Crippen LogP contribution in [0.4, 0.5) is 5.69 Å². The summed E-state index contributed by atoms with van der Waals surface area (Å²) in [6.45, 7) is 0.876. The molecule has 0 saturated carbocycles. The van der Waals surface area contributed by atoms with Gasteiger partial charge in [-0.1, -0.05) is 23.7 Å². The van der Waals surface area contributed by atoms with E-state index in [0.29, 0.717) is 5.69 Å². The lowest BCUT2D eigenvalue weighted by atomic mass is 10.1. The molecule has 0 aromatic heterocycles. The number of sulfonamides is 2. The molecule has 1 heterocycles. The first kappa shape index (κ1) is 22.5. The predicted octanol–water partition coefficient (Wildman–Crippen LogP) is 1.28. The Labute approximate surface area is 180 Å². The molecule has 0 spiro atoms. The molecule has 0 aliphatic carbocycles. The fourth-order valence-corrected chi connectivity index (χ4v) is 5.66. The molecule has 0 amide bonds. The third-order valence-electron chi connectivity index (χ3n) is 4.74. The van der Waals surface area contributed by atoms with Gasteiger partial charge in [0.05, 0.1) is 28.3 Å². The zero-order valence-corrected chi connectivity index (χ0v) is 18.4. The molecular formula is C18H20ClN3O6S2. The standard InChI is InChI=1S/C18H20ClN3O6S2/c1-28-18(23)14-12-13(29(20,24)25)6-7-16(14)21-8-10-22(11-9-21)30(26,27)17-5-3-2-4-15(17)19/h2-7,12H,8-11H2,1H3,(H2,20,24,25). The van der Waals surface area contributed by atoms with Gasteiger partial charge in [0.25, 0.3) is 0 Å². The van der Waals surface area contributed by atoms with Gasteiger partial charge in [-0.3, -0.25) is 0 Å². The highest BCUT2D eigenvalue weighted by atomic mass is 35.5. The van der Waals surface area contributed by atoms with Crippen molar-refractivity contribution in [3.8, 4) is 0 Å². The zero-order chi connectivity index (χ0) is 22.1. The molecule has 12 heteroatoms. The van der Waals surface area contributed by atoms with Gasteiger partial charge in [-0.25, -0.2) is 26.8 Å². The Morgan fingerprint density at radius 3 is 2.23 bits per heavy atom. The number of anilines is 1.